The minimum Gasteiger partial charge on any atom is -0.314 e. The summed E-state index contributed by atoms with van der Waals surface area (Å²) < 4.78 is 0. The van der Waals surface area contributed by atoms with E-state index in [1.54, 1.807) is 0 Å². The predicted molar refractivity (Wildman–Crippen MR) is 50.8 cm³/mol. The third-order valence-corrected chi connectivity index (χ3v) is 1.58. The molecule has 0 bridgehead atoms. The van der Waals surface area contributed by atoms with Gasteiger partial charge in [-0.1, -0.05) is 19.9 Å². The molecule has 0 aliphatic carbocycles. The van der Waals surface area contributed by atoms with E-state index in [0.717, 1.165) is 26.1 Å². The van der Waals surface area contributed by atoms with E-state index in [4.69, 9.17) is 0 Å². The van der Waals surface area contributed by atoms with Crippen LogP contribution >= 0.6 is 0 Å². The molecule has 2 nitrogen and oxygen atoms in total. The van der Waals surface area contributed by atoms with Crippen LogP contribution in [0.5, 0.6) is 0 Å². The lowest BCUT2D eigenvalue weighted by Crippen LogP contribution is -2.47. The minimum atomic E-state index is 0.622. The maximum absolute atomic E-state index is 3.69. The van der Waals surface area contributed by atoms with Gasteiger partial charge < -0.3 is 10.6 Å². The highest BCUT2D eigenvalue weighted by atomic mass is 15.0. The van der Waals surface area contributed by atoms with Gasteiger partial charge in [0, 0.05) is 25.7 Å². The molecule has 0 spiro atoms. The van der Waals surface area contributed by atoms with E-state index >= 15 is 0 Å². The lowest BCUT2D eigenvalue weighted by molar-refractivity contribution is 0.421. The summed E-state index contributed by atoms with van der Waals surface area (Å²) >= 11 is 0. The molecule has 1 saturated heterocycles. The Balaban J connectivity index is 0.000000461. The van der Waals surface area contributed by atoms with Crippen LogP contribution in [0, 0.1) is 0 Å². The molecule has 0 aromatic carbocycles. The Hall–Kier alpha value is -0.340. The second kappa shape index (κ2) is 7.76. The molecular formula is C9H20N2. The largest absolute Gasteiger partial charge is 0.314 e. The fourth-order valence-electron chi connectivity index (χ4n) is 1.08. The molecule has 1 atom stereocenters. The molecule has 0 amide bonds. The summed E-state index contributed by atoms with van der Waals surface area (Å²) in [4.78, 5) is 0. The first-order valence-corrected chi connectivity index (χ1v) is 4.48. The minimum absolute atomic E-state index is 0.622. The first-order chi connectivity index (χ1) is 5.43. The number of piperazine rings is 1. The van der Waals surface area contributed by atoms with E-state index in [1.165, 1.54) is 0 Å². The van der Waals surface area contributed by atoms with Crippen molar-refractivity contribution in [3.63, 3.8) is 0 Å². The Labute approximate surface area is 70.1 Å². The third-order valence-electron chi connectivity index (χ3n) is 1.58. The first kappa shape index (κ1) is 10.7. The summed E-state index contributed by atoms with van der Waals surface area (Å²) in [5.74, 6) is 0. The van der Waals surface area contributed by atoms with Crippen LogP contribution < -0.4 is 10.6 Å². The van der Waals surface area contributed by atoms with Gasteiger partial charge in [-0.3, -0.25) is 0 Å². The van der Waals surface area contributed by atoms with Gasteiger partial charge in [-0.25, -0.2) is 0 Å². The smallest absolute Gasteiger partial charge is 0.0227 e. The molecular weight excluding hydrogens is 136 g/mol. The number of rotatable bonds is 2. The maximum Gasteiger partial charge on any atom is 0.0227 e. The highest BCUT2D eigenvalue weighted by Crippen LogP contribution is 1.92. The highest BCUT2D eigenvalue weighted by Gasteiger charge is 2.08. The monoisotopic (exact) mass is 156 g/mol. The average molecular weight is 156 g/mol. The molecule has 0 radical (unpaired) electrons. The Morgan fingerprint density at radius 1 is 1.45 bits per heavy atom. The van der Waals surface area contributed by atoms with Gasteiger partial charge in [0.1, 0.15) is 0 Å². The van der Waals surface area contributed by atoms with Gasteiger partial charge in [-0.2, -0.15) is 0 Å². The van der Waals surface area contributed by atoms with Crippen LogP contribution in [-0.2, 0) is 0 Å². The van der Waals surface area contributed by atoms with E-state index in [0.29, 0.717) is 6.04 Å². The summed E-state index contributed by atoms with van der Waals surface area (Å²) in [7, 11) is 0. The SMILES string of the molecule is C=CC[C@@H]1CNCCN1.CC. The summed E-state index contributed by atoms with van der Waals surface area (Å²) in [6.07, 6.45) is 3.04. The van der Waals surface area contributed by atoms with E-state index in [1.807, 2.05) is 19.9 Å². The quantitative estimate of drug-likeness (QED) is 0.586. The van der Waals surface area contributed by atoms with E-state index in [2.05, 4.69) is 17.2 Å². The Bertz CT molecular complexity index is 85.6. The Morgan fingerprint density at radius 2 is 2.18 bits per heavy atom. The Kier molecular flexibility index (Phi) is 7.52. The zero-order valence-corrected chi connectivity index (χ0v) is 7.69. The second-order valence-electron chi connectivity index (χ2n) is 2.38. The lowest BCUT2D eigenvalue weighted by Gasteiger charge is -2.22. The van der Waals surface area contributed by atoms with Crippen molar-refractivity contribution in [2.75, 3.05) is 19.6 Å². The molecule has 2 heteroatoms. The van der Waals surface area contributed by atoms with Gasteiger partial charge in [0.2, 0.25) is 0 Å². The zero-order chi connectivity index (χ0) is 8.53. The Morgan fingerprint density at radius 3 is 2.64 bits per heavy atom. The van der Waals surface area contributed by atoms with Gasteiger partial charge in [0.25, 0.3) is 0 Å². The predicted octanol–water partition coefficient (Wildman–Crippen LogP) is 1.15. The summed E-state index contributed by atoms with van der Waals surface area (Å²) in [5.41, 5.74) is 0. The van der Waals surface area contributed by atoms with Crippen molar-refractivity contribution in [3.05, 3.63) is 12.7 Å². The molecule has 0 saturated carbocycles. The highest BCUT2D eigenvalue weighted by molar-refractivity contribution is 4.82. The first-order valence-electron chi connectivity index (χ1n) is 4.48. The molecule has 1 aliphatic heterocycles. The van der Waals surface area contributed by atoms with Crippen LogP contribution in [0.2, 0.25) is 0 Å². The lowest BCUT2D eigenvalue weighted by atomic mass is 10.2. The van der Waals surface area contributed by atoms with E-state index < -0.39 is 0 Å². The van der Waals surface area contributed by atoms with Gasteiger partial charge in [-0.05, 0) is 6.42 Å². The van der Waals surface area contributed by atoms with Crippen LogP contribution in [0.25, 0.3) is 0 Å². The summed E-state index contributed by atoms with van der Waals surface area (Å²) in [5, 5.41) is 6.70. The summed E-state index contributed by atoms with van der Waals surface area (Å²) in [6, 6.07) is 0.622. The number of nitrogens with one attached hydrogen (secondary N) is 2. The van der Waals surface area contributed by atoms with Crippen molar-refractivity contribution >= 4 is 0 Å². The van der Waals surface area contributed by atoms with Crippen molar-refractivity contribution in [1.82, 2.24) is 10.6 Å². The molecule has 1 aliphatic rings. The normalized spacial score (nSPS) is 23.3. The molecule has 2 N–H and O–H groups in total. The molecule has 0 unspecified atom stereocenters. The number of hydrogen-bond donors (Lipinski definition) is 2. The van der Waals surface area contributed by atoms with Crippen LogP contribution in [0.3, 0.4) is 0 Å². The molecule has 1 heterocycles. The van der Waals surface area contributed by atoms with Crippen molar-refractivity contribution in [3.8, 4) is 0 Å². The van der Waals surface area contributed by atoms with Crippen molar-refractivity contribution in [2.24, 2.45) is 0 Å². The van der Waals surface area contributed by atoms with Gasteiger partial charge >= 0.3 is 0 Å². The standard InChI is InChI=1S/C7H14N2.C2H6/c1-2-3-7-6-8-4-5-9-7;1-2/h2,7-9H,1,3-6H2;1-2H3/t7-;/m1./s1. The molecule has 0 aromatic rings. The van der Waals surface area contributed by atoms with Gasteiger partial charge in [0.05, 0.1) is 0 Å². The van der Waals surface area contributed by atoms with Crippen LogP contribution in [0.15, 0.2) is 12.7 Å². The molecule has 1 fully saturated rings. The summed E-state index contributed by atoms with van der Waals surface area (Å²) in [6.45, 7) is 11.0. The fraction of sp³-hybridized carbons (Fsp3) is 0.778. The van der Waals surface area contributed by atoms with Crippen molar-refractivity contribution in [1.29, 1.82) is 0 Å². The van der Waals surface area contributed by atoms with Crippen molar-refractivity contribution in [2.45, 2.75) is 26.3 Å². The molecule has 11 heavy (non-hydrogen) atoms. The van der Waals surface area contributed by atoms with Crippen LogP contribution in [0.1, 0.15) is 20.3 Å². The number of hydrogen-bond acceptors (Lipinski definition) is 2. The van der Waals surface area contributed by atoms with E-state index in [-0.39, 0.29) is 0 Å². The molecule has 66 valence electrons. The molecule has 1 rings (SSSR count). The molecule has 0 aromatic heterocycles. The third kappa shape index (κ3) is 4.99. The fourth-order valence-corrected chi connectivity index (χ4v) is 1.08. The second-order valence-corrected chi connectivity index (χ2v) is 2.38. The zero-order valence-electron chi connectivity index (χ0n) is 7.69. The topological polar surface area (TPSA) is 24.1 Å². The van der Waals surface area contributed by atoms with Crippen molar-refractivity contribution < 1.29 is 0 Å². The van der Waals surface area contributed by atoms with Crippen LogP contribution in [0.4, 0.5) is 0 Å². The average Bonchev–Trinajstić information content (AvgIpc) is 2.11. The van der Waals surface area contributed by atoms with Crippen LogP contribution in [-0.4, -0.2) is 25.7 Å². The maximum atomic E-state index is 3.69. The van der Waals surface area contributed by atoms with Gasteiger partial charge in [0.15, 0.2) is 0 Å². The van der Waals surface area contributed by atoms with E-state index in [9.17, 15) is 0 Å². The van der Waals surface area contributed by atoms with Gasteiger partial charge in [-0.15, -0.1) is 6.58 Å².